The molecule has 0 unspecified atom stereocenters. The predicted octanol–water partition coefficient (Wildman–Crippen LogP) is 2.31. The van der Waals surface area contributed by atoms with Gasteiger partial charge in [0, 0.05) is 11.1 Å². The molecule has 0 aromatic carbocycles. The summed E-state index contributed by atoms with van der Waals surface area (Å²) in [6.07, 6.45) is 0. The average molecular weight is 227 g/mol. The summed E-state index contributed by atoms with van der Waals surface area (Å²) in [4.78, 5) is 16.2. The number of hydrogen-bond acceptors (Lipinski definition) is 3. The van der Waals surface area contributed by atoms with Crippen LogP contribution in [0, 0.1) is 6.92 Å². The van der Waals surface area contributed by atoms with Gasteiger partial charge in [-0.1, -0.05) is 11.6 Å². The maximum atomic E-state index is 8.95. The standard InChI is InChI=1S/C8H7ClN2.C2H4O2/c1-5-4-6-2-3-7(9)11-8(6)10-5;1-4-2-3/h2-4H,1H3,(H,10,11);2H,1H3. The Labute approximate surface area is 92.2 Å². The fourth-order valence-corrected chi connectivity index (χ4v) is 1.27. The van der Waals surface area contributed by atoms with E-state index in [4.69, 9.17) is 16.4 Å². The van der Waals surface area contributed by atoms with E-state index in [1.165, 1.54) is 7.11 Å². The predicted molar refractivity (Wildman–Crippen MR) is 58.9 cm³/mol. The molecule has 2 heterocycles. The van der Waals surface area contributed by atoms with Crippen molar-refractivity contribution in [2.75, 3.05) is 7.11 Å². The van der Waals surface area contributed by atoms with Gasteiger partial charge in [-0.05, 0) is 25.1 Å². The number of halogens is 1. The molecule has 0 aliphatic heterocycles. The molecule has 0 fully saturated rings. The number of methoxy groups -OCH3 is 1. The molecule has 0 atom stereocenters. The Hall–Kier alpha value is -1.55. The molecule has 2 aromatic heterocycles. The summed E-state index contributed by atoms with van der Waals surface area (Å²) in [5.74, 6) is 0. The maximum Gasteiger partial charge on any atom is 0.292 e. The van der Waals surface area contributed by atoms with Crippen molar-refractivity contribution in [3.8, 4) is 0 Å². The van der Waals surface area contributed by atoms with E-state index in [2.05, 4.69) is 14.7 Å². The molecule has 0 spiro atoms. The van der Waals surface area contributed by atoms with Crippen molar-refractivity contribution < 1.29 is 9.53 Å². The highest BCUT2D eigenvalue weighted by molar-refractivity contribution is 6.29. The van der Waals surface area contributed by atoms with Crippen molar-refractivity contribution in [3.63, 3.8) is 0 Å². The Kier molecular flexibility index (Phi) is 4.12. The Balaban J connectivity index is 0.000000245. The quantitative estimate of drug-likeness (QED) is 0.600. The molecule has 0 bridgehead atoms. The lowest BCUT2D eigenvalue weighted by Gasteiger charge is -1.87. The summed E-state index contributed by atoms with van der Waals surface area (Å²) in [7, 11) is 1.31. The first kappa shape index (κ1) is 11.5. The number of H-pyrrole nitrogens is 1. The SMILES string of the molecule is COC=O.Cc1cc2ccc(Cl)nc2[nH]1. The van der Waals surface area contributed by atoms with Crippen molar-refractivity contribution in [1.29, 1.82) is 0 Å². The average Bonchev–Trinajstić information content (AvgIpc) is 2.58. The van der Waals surface area contributed by atoms with Gasteiger partial charge in [0.1, 0.15) is 10.8 Å². The topological polar surface area (TPSA) is 55.0 Å². The Morgan fingerprint density at radius 3 is 2.80 bits per heavy atom. The summed E-state index contributed by atoms with van der Waals surface area (Å²) >= 11 is 5.70. The number of aryl methyl sites for hydroxylation is 1. The van der Waals surface area contributed by atoms with Gasteiger partial charge in [0.2, 0.25) is 0 Å². The number of aromatic amines is 1. The number of carbonyl (C=O) groups is 1. The van der Waals surface area contributed by atoms with Crippen molar-refractivity contribution in [1.82, 2.24) is 9.97 Å². The fourth-order valence-electron chi connectivity index (χ4n) is 1.12. The summed E-state index contributed by atoms with van der Waals surface area (Å²) in [5.41, 5.74) is 1.96. The first-order valence-corrected chi connectivity index (χ1v) is 4.63. The van der Waals surface area contributed by atoms with Crippen LogP contribution in [-0.4, -0.2) is 23.5 Å². The van der Waals surface area contributed by atoms with Crippen molar-refractivity contribution in [2.24, 2.45) is 0 Å². The lowest BCUT2D eigenvalue weighted by Crippen LogP contribution is -1.75. The zero-order chi connectivity index (χ0) is 11.3. The summed E-state index contributed by atoms with van der Waals surface area (Å²) in [6, 6.07) is 5.78. The Morgan fingerprint density at radius 1 is 1.53 bits per heavy atom. The second-order valence-electron chi connectivity index (χ2n) is 2.86. The zero-order valence-electron chi connectivity index (χ0n) is 8.45. The number of carbonyl (C=O) groups excluding carboxylic acids is 1. The second-order valence-corrected chi connectivity index (χ2v) is 3.24. The van der Waals surface area contributed by atoms with Crippen LogP contribution < -0.4 is 0 Å². The van der Waals surface area contributed by atoms with Gasteiger partial charge in [-0.25, -0.2) is 4.98 Å². The maximum absolute atomic E-state index is 8.95. The highest BCUT2D eigenvalue weighted by atomic mass is 35.5. The van der Waals surface area contributed by atoms with E-state index in [1.54, 1.807) is 6.07 Å². The Morgan fingerprint density at radius 2 is 2.20 bits per heavy atom. The summed E-state index contributed by atoms with van der Waals surface area (Å²) < 4.78 is 3.86. The normalized spacial score (nSPS) is 9.27. The smallest absolute Gasteiger partial charge is 0.292 e. The molecule has 4 nitrogen and oxygen atoms in total. The van der Waals surface area contributed by atoms with Crippen LogP contribution in [0.5, 0.6) is 0 Å². The van der Waals surface area contributed by atoms with E-state index in [1.807, 2.05) is 19.1 Å². The van der Waals surface area contributed by atoms with E-state index in [0.717, 1.165) is 16.7 Å². The van der Waals surface area contributed by atoms with Crippen LogP contribution in [0.15, 0.2) is 18.2 Å². The van der Waals surface area contributed by atoms with E-state index in [9.17, 15) is 0 Å². The van der Waals surface area contributed by atoms with Gasteiger partial charge in [0.15, 0.2) is 0 Å². The molecule has 1 N–H and O–H groups in total. The van der Waals surface area contributed by atoms with Gasteiger partial charge in [-0.3, -0.25) is 4.79 Å². The van der Waals surface area contributed by atoms with E-state index in [-0.39, 0.29) is 0 Å². The number of fused-ring (bicyclic) bond motifs is 1. The van der Waals surface area contributed by atoms with E-state index < -0.39 is 0 Å². The lowest BCUT2D eigenvalue weighted by atomic mass is 10.3. The van der Waals surface area contributed by atoms with Gasteiger partial charge < -0.3 is 9.72 Å². The number of nitrogens with one attached hydrogen (secondary N) is 1. The van der Waals surface area contributed by atoms with Gasteiger partial charge >= 0.3 is 0 Å². The van der Waals surface area contributed by atoms with Gasteiger partial charge in [-0.15, -0.1) is 0 Å². The molecule has 5 heteroatoms. The number of nitrogens with zero attached hydrogens (tertiary/aromatic N) is 1. The van der Waals surface area contributed by atoms with Crippen molar-refractivity contribution in [2.45, 2.75) is 6.92 Å². The molecule has 2 aromatic rings. The molecule has 0 radical (unpaired) electrons. The van der Waals surface area contributed by atoms with E-state index >= 15 is 0 Å². The van der Waals surface area contributed by atoms with Crippen molar-refractivity contribution >= 4 is 29.1 Å². The minimum absolute atomic E-state index is 0.375. The first-order chi connectivity index (χ1) is 7.17. The van der Waals surface area contributed by atoms with Crippen molar-refractivity contribution in [3.05, 3.63) is 29.0 Å². The fraction of sp³-hybridized carbons (Fsp3) is 0.200. The van der Waals surface area contributed by atoms with Crippen LogP contribution in [0.2, 0.25) is 5.15 Å². The van der Waals surface area contributed by atoms with Crippen LogP contribution in [0.3, 0.4) is 0 Å². The van der Waals surface area contributed by atoms with E-state index in [0.29, 0.717) is 11.6 Å². The lowest BCUT2D eigenvalue weighted by molar-refractivity contribution is -0.126. The largest absolute Gasteiger partial charge is 0.471 e. The molecule has 80 valence electrons. The number of ether oxygens (including phenoxy) is 1. The monoisotopic (exact) mass is 226 g/mol. The van der Waals surface area contributed by atoms with Gasteiger partial charge in [0.05, 0.1) is 7.11 Å². The first-order valence-electron chi connectivity index (χ1n) is 4.25. The second kappa shape index (κ2) is 5.36. The molecule has 0 aliphatic rings. The molecule has 0 amide bonds. The molecular weight excluding hydrogens is 216 g/mol. The Bertz CT molecular complexity index is 454. The third-order valence-electron chi connectivity index (χ3n) is 1.68. The molecule has 0 saturated heterocycles. The minimum atomic E-state index is 0.375. The van der Waals surface area contributed by atoms with Crippen LogP contribution in [0.1, 0.15) is 5.69 Å². The van der Waals surface area contributed by atoms with Gasteiger partial charge in [-0.2, -0.15) is 0 Å². The third kappa shape index (κ3) is 3.25. The molecular formula is C10H11ClN2O2. The molecule has 0 aliphatic carbocycles. The zero-order valence-corrected chi connectivity index (χ0v) is 9.21. The number of pyridine rings is 1. The van der Waals surface area contributed by atoms with Crippen LogP contribution in [0.25, 0.3) is 11.0 Å². The number of aromatic nitrogens is 2. The summed E-state index contributed by atoms with van der Waals surface area (Å²) in [6.45, 7) is 2.37. The van der Waals surface area contributed by atoms with Crippen LogP contribution in [0.4, 0.5) is 0 Å². The minimum Gasteiger partial charge on any atom is -0.471 e. The number of hydrogen-bond donors (Lipinski definition) is 1. The highest BCUT2D eigenvalue weighted by Crippen LogP contribution is 2.15. The number of rotatable bonds is 1. The van der Waals surface area contributed by atoms with Crippen LogP contribution in [-0.2, 0) is 9.53 Å². The molecule has 2 rings (SSSR count). The van der Waals surface area contributed by atoms with Gasteiger partial charge in [0.25, 0.3) is 6.47 Å². The third-order valence-corrected chi connectivity index (χ3v) is 1.89. The highest BCUT2D eigenvalue weighted by Gasteiger charge is 1.97. The van der Waals surface area contributed by atoms with Crippen LogP contribution >= 0.6 is 11.6 Å². The molecule has 0 saturated carbocycles. The molecule has 15 heavy (non-hydrogen) atoms. The summed E-state index contributed by atoms with van der Waals surface area (Å²) in [5, 5.41) is 1.63.